The molecule has 3 aromatic heterocycles. The Bertz CT molecular complexity index is 981. The summed E-state index contributed by atoms with van der Waals surface area (Å²) in [7, 11) is 0. The Balaban J connectivity index is 1.34. The van der Waals surface area contributed by atoms with Crippen LogP contribution < -0.4 is 5.32 Å². The van der Waals surface area contributed by atoms with Gasteiger partial charge in [-0.25, -0.2) is 4.52 Å². The average Bonchev–Trinajstić information content (AvgIpc) is 3.21. The Hall–Kier alpha value is -2.90. The summed E-state index contributed by atoms with van der Waals surface area (Å²) in [4.78, 5) is 15.1. The van der Waals surface area contributed by atoms with Gasteiger partial charge in [-0.15, -0.1) is 5.10 Å². The number of nitrogens with zero attached hydrogens (tertiary/aromatic N) is 5. The molecule has 3 fully saturated rings. The summed E-state index contributed by atoms with van der Waals surface area (Å²) in [6, 6.07) is 6.57. The van der Waals surface area contributed by atoms with Crippen LogP contribution in [0.1, 0.15) is 28.4 Å². The van der Waals surface area contributed by atoms with Crippen molar-refractivity contribution in [2.24, 2.45) is 11.8 Å². The van der Waals surface area contributed by atoms with E-state index in [0.717, 1.165) is 30.7 Å². The summed E-state index contributed by atoms with van der Waals surface area (Å²) in [6.07, 6.45) is 3.00. The minimum absolute atomic E-state index is 0.0745. The third kappa shape index (κ3) is 2.28. The molecule has 2 bridgehead atoms. The number of piperidine rings is 2. The van der Waals surface area contributed by atoms with Crippen LogP contribution in [0.4, 0.5) is 6.01 Å². The Morgan fingerprint density at radius 1 is 1.23 bits per heavy atom. The van der Waals surface area contributed by atoms with Crippen molar-refractivity contribution in [1.29, 1.82) is 0 Å². The summed E-state index contributed by atoms with van der Waals surface area (Å²) in [5.41, 5.74) is 2.35. The molecule has 0 aromatic carbocycles. The minimum atomic E-state index is 0.0745. The molecule has 2 aliphatic heterocycles. The van der Waals surface area contributed by atoms with Gasteiger partial charge >= 0.3 is 6.01 Å². The van der Waals surface area contributed by atoms with Crippen LogP contribution in [0, 0.1) is 25.7 Å². The second-order valence-corrected chi connectivity index (χ2v) is 7.25. The van der Waals surface area contributed by atoms with E-state index in [9.17, 15) is 4.79 Å². The van der Waals surface area contributed by atoms with Gasteiger partial charge < -0.3 is 14.6 Å². The van der Waals surface area contributed by atoms with Crippen LogP contribution in [0.25, 0.3) is 5.52 Å². The number of anilines is 1. The van der Waals surface area contributed by atoms with Crippen LogP contribution >= 0.6 is 0 Å². The molecule has 2 unspecified atom stereocenters. The standard InChI is InChI=1S/C18H20N6O2/c1-10-15(14-5-3-4-6-24(14)22-10)17(25)23-8-12-7-13(9-23)16(12)19-18-21-20-11(2)26-18/h3-6,12-13,16H,7-9H2,1-2H3,(H,19,21). The highest BCUT2D eigenvalue weighted by molar-refractivity contribution is 6.02. The van der Waals surface area contributed by atoms with Crippen molar-refractivity contribution in [3.8, 4) is 0 Å². The summed E-state index contributed by atoms with van der Waals surface area (Å²) in [6.45, 7) is 5.15. The highest BCUT2D eigenvalue weighted by Crippen LogP contribution is 2.42. The molecule has 6 rings (SSSR count). The molecule has 5 heterocycles. The van der Waals surface area contributed by atoms with Gasteiger partial charge in [0.2, 0.25) is 5.89 Å². The first kappa shape index (κ1) is 15.4. The fourth-order valence-corrected chi connectivity index (χ4v) is 4.33. The molecule has 0 spiro atoms. The molecule has 1 aliphatic carbocycles. The minimum Gasteiger partial charge on any atom is -0.408 e. The van der Waals surface area contributed by atoms with Crippen molar-refractivity contribution in [3.63, 3.8) is 0 Å². The van der Waals surface area contributed by atoms with E-state index in [-0.39, 0.29) is 5.91 Å². The van der Waals surface area contributed by atoms with Crippen molar-refractivity contribution < 1.29 is 9.21 Å². The van der Waals surface area contributed by atoms with Gasteiger partial charge in [-0.2, -0.15) is 5.10 Å². The zero-order valence-corrected chi connectivity index (χ0v) is 14.7. The number of pyridine rings is 1. The zero-order valence-electron chi connectivity index (χ0n) is 14.7. The molecule has 8 heteroatoms. The van der Waals surface area contributed by atoms with Gasteiger partial charge in [0.25, 0.3) is 5.91 Å². The number of amides is 1. The molecule has 134 valence electrons. The van der Waals surface area contributed by atoms with E-state index < -0.39 is 0 Å². The van der Waals surface area contributed by atoms with E-state index in [1.807, 2.05) is 36.2 Å². The van der Waals surface area contributed by atoms with Crippen LogP contribution in [-0.4, -0.2) is 49.7 Å². The number of aryl methyl sites for hydroxylation is 2. The van der Waals surface area contributed by atoms with Gasteiger partial charge in [-0.3, -0.25) is 4.79 Å². The first-order chi connectivity index (χ1) is 12.6. The third-order valence-electron chi connectivity index (χ3n) is 5.56. The molecule has 2 saturated heterocycles. The van der Waals surface area contributed by atoms with E-state index in [2.05, 4.69) is 20.6 Å². The predicted octanol–water partition coefficient (Wildman–Crippen LogP) is 1.91. The Morgan fingerprint density at radius 3 is 2.77 bits per heavy atom. The van der Waals surface area contributed by atoms with Crippen molar-refractivity contribution in [3.05, 3.63) is 41.5 Å². The monoisotopic (exact) mass is 352 g/mol. The quantitative estimate of drug-likeness (QED) is 0.775. The lowest BCUT2D eigenvalue weighted by atomic mass is 9.66. The summed E-state index contributed by atoms with van der Waals surface area (Å²) < 4.78 is 7.20. The van der Waals surface area contributed by atoms with Crippen molar-refractivity contribution in [2.75, 3.05) is 18.4 Å². The molecule has 1 saturated carbocycles. The largest absolute Gasteiger partial charge is 0.408 e. The Morgan fingerprint density at radius 2 is 2.04 bits per heavy atom. The van der Waals surface area contributed by atoms with Gasteiger partial charge in [-0.05, 0) is 37.3 Å². The number of hydrogen-bond acceptors (Lipinski definition) is 6. The Labute approximate surface area is 150 Å². The second kappa shape index (κ2) is 5.55. The number of carbonyl (C=O) groups is 1. The summed E-state index contributed by atoms with van der Waals surface area (Å²) in [5, 5.41) is 15.7. The molecule has 3 aliphatic rings. The van der Waals surface area contributed by atoms with Crippen LogP contribution in [0.15, 0.2) is 28.8 Å². The van der Waals surface area contributed by atoms with E-state index >= 15 is 0 Å². The van der Waals surface area contributed by atoms with Gasteiger partial charge in [0.05, 0.1) is 16.8 Å². The number of aromatic nitrogens is 4. The molecule has 1 amide bonds. The number of nitrogens with one attached hydrogen (secondary N) is 1. The van der Waals surface area contributed by atoms with Gasteiger partial charge in [0, 0.05) is 32.3 Å². The van der Waals surface area contributed by atoms with E-state index in [1.54, 1.807) is 11.4 Å². The van der Waals surface area contributed by atoms with E-state index in [1.165, 1.54) is 0 Å². The lowest BCUT2D eigenvalue weighted by Gasteiger charge is -2.53. The molecule has 2 atom stereocenters. The molecule has 0 radical (unpaired) electrons. The first-order valence-electron chi connectivity index (χ1n) is 8.90. The average molecular weight is 352 g/mol. The van der Waals surface area contributed by atoms with Crippen LogP contribution in [0.5, 0.6) is 0 Å². The highest BCUT2D eigenvalue weighted by Gasteiger charge is 2.48. The number of fused-ring (bicyclic) bond motifs is 3. The van der Waals surface area contributed by atoms with Gasteiger partial charge in [-0.1, -0.05) is 11.2 Å². The van der Waals surface area contributed by atoms with Crippen LogP contribution in [0.3, 0.4) is 0 Å². The maximum absolute atomic E-state index is 13.1. The topological polar surface area (TPSA) is 88.6 Å². The molecule has 3 aromatic rings. The van der Waals surface area contributed by atoms with Crippen LogP contribution in [0.2, 0.25) is 0 Å². The number of rotatable bonds is 3. The Kier molecular flexibility index (Phi) is 3.28. The molecule has 1 N–H and O–H groups in total. The van der Waals surface area contributed by atoms with Crippen molar-refractivity contribution >= 4 is 17.4 Å². The smallest absolute Gasteiger partial charge is 0.315 e. The molecular formula is C18H20N6O2. The maximum Gasteiger partial charge on any atom is 0.315 e. The fraction of sp³-hybridized carbons (Fsp3) is 0.444. The highest BCUT2D eigenvalue weighted by atomic mass is 16.4. The lowest BCUT2D eigenvalue weighted by molar-refractivity contribution is 0.0122. The van der Waals surface area contributed by atoms with Gasteiger partial charge in [0.15, 0.2) is 0 Å². The molecule has 8 nitrogen and oxygen atoms in total. The van der Waals surface area contributed by atoms with Gasteiger partial charge in [0.1, 0.15) is 0 Å². The number of carbonyl (C=O) groups excluding carboxylic acids is 1. The van der Waals surface area contributed by atoms with E-state index in [4.69, 9.17) is 4.42 Å². The second-order valence-electron chi connectivity index (χ2n) is 7.25. The lowest BCUT2D eigenvalue weighted by Crippen LogP contribution is -2.62. The fourth-order valence-electron chi connectivity index (χ4n) is 4.33. The zero-order chi connectivity index (χ0) is 17.8. The van der Waals surface area contributed by atoms with Crippen molar-refractivity contribution in [2.45, 2.75) is 26.3 Å². The summed E-state index contributed by atoms with van der Waals surface area (Å²) >= 11 is 0. The summed E-state index contributed by atoms with van der Waals surface area (Å²) in [5.74, 6) is 1.45. The SMILES string of the molecule is Cc1nnc(NC2C3CC2CN(C(=O)c2c(C)nn4ccccc24)C3)o1. The van der Waals surface area contributed by atoms with Crippen LogP contribution in [-0.2, 0) is 0 Å². The normalized spacial score (nSPS) is 24.5. The maximum atomic E-state index is 13.1. The first-order valence-corrected chi connectivity index (χ1v) is 8.90. The van der Waals surface area contributed by atoms with E-state index in [0.29, 0.717) is 35.3 Å². The molecular weight excluding hydrogens is 332 g/mol. The van der Waals surface area contributed by atoms with Crippen molar-refractivity contribution in [1.82, 2.24) is 24.7 Å². The number of hydrogen-bond donors (Lipinski definition) is 1. The predicted molar refractivity (Wildman–Crippen MR) is 93.9 cm³/mol. The third-order valence-corrected chi connectivity index (χ3v) is 5.56. The molecule has 26 heavy (non-hydrogen) atoms.